The van der Waals surface area contributed by atoms with Crippen molar-refractivity contribution in [2.75, 3.05) is 4.90 Å². The molecule has 124 valence electrons. The fourth-order valence-corrected chi connectivity index (χ4v) is 3.91. The Labute approximate surface area is 154 Å². The van der Waals surface area contributed by atoms with E-state index in [1.165, 1.54) is 39.3 Å². The highest BCUT2D eigenvalue weighted by Gasteiger charge is 2.25. The first kappa shape index (κ1) is 15.0. The second kappa shape index (κ2) is 6.20. The molecule has 0 radical (unpaired) electrons. The van der Waals surface area contributed by atoms with E-state index in [4.69, 9.17) is 0 Å². The van der Waals surface area contributed by atoms with Gasteiger partial charge in [0.2, 0.25) is 0 Å². The lowest BCUT2D eigenvalue weighted by Gasteiger charge is -2.34. The molecule has 1 nitrogen and oxygen atoms in total. The van der Waals surface area contributed by atoms with Crippen LogP contribution in [0.2, 0.25) is 0 Å². The van der Waals surface area contributed by atoms with Gasteiger partial charge < -0.3 is 4.90 Å². The number of para-hydroxylation sites is 2. The summed E-state index contributed by atoms with van der Waals surface area (Å²) in [7, 11) is 0. The molecule has 0 amide bonds. The van der Waals surface area contributed by atoms with Gasteiger partial charge in [-0.1, -0.05) is 78.9 Å². The van der Waals surface area contributed by atoms with Crippen molar-refractivity contribution < 1.29 is 0 Å². The second-order valence-corrected chi connectivity index (χ2v) is 6.65. The third-order valence-electron chi connectivity index (χ3n) is 5.09. The van der Waals surface area contributed by atoms with Crippen LogP contribution in [0, 0.1) is 0 Å². The number of rotatable bonds is 2. The van der Waals surface area contributed by atoms with Gasteiger partial charge in [0.15, 0.2) is 0 Å². The molecule has 0 fully saturated rings. The molecule has 26 heavy (non-hydrogen) atoms. The maximum absolute atomic E-state index is 2.39. The summed E-state index contributed by atoms with van der Waals surface area (Å²) in [6.07, 6.45) is 0.958. The van der Waals surface area contributed by atoms with E-state index in [0.29, 0.717) is 0 Å². The summed E-state index contributed by atoms with van der Waals surface area (Å²) >= 11 is 0. The van der Waals surface area contributed by atoms with Crippen molar-refractivity contribution in [3.05, 3.63) is 114 Å². The standard InChI is InChI=1S/C25H19N/c1-3-10-19(11-4-1)22-15-9-17-25-23(22)18-20-12-7-8-16-24(20)26(25)21-13-5-2-6-14-21/h1-17H,18H2. The number of nitrogens with zero attached hydrogens (tertiary/aromatic N) is 1. The van der Waals surface area contributed by atoms with Crippen LogP contribution in [0.5, 0.6) is 0 Å². The SMILES string of the molecule is c1ccc(-c2cccc3c2Cc2ccccc2N3c2ccccc2)cc1. The predicted octanol–water partition coefficient (Wildman–Crippen LogP) is 6.73. The lowest BCUT2D eigenvalue weighted by atomic mass is 9.89. The van der Waals surface area contributed by atoms with Gasteiger partial charge in [0.1, 0.15) is 0 Å². The molecule has 1 heterocycles. The van der Waals surface area contributed by atoms with E-state index in [-0.39, 0.29) is 0 Å². The Morgan fingerprint density at radius 2 is 1.19 bits per heavy atom. The zero-order valence-corrected chi connectivity index (χ0v) is 14.5. The van der Waals surface area contributed by atoms with Crippen LogP contribution >= 0.6 is 0 Å². The van der Waals surface area contributed by atoms with Gasteiger partial charge in [0.25, 0.3) is 0 Å². The highest BCUT2D eigenvalue weighted by molar-refractivity contribution is 5.88. The number of hydrogen-bond acceptors (Lipinski definition) is 1. The molecule has 4 aromatic carbocycles. The Morgan fingerprint density at radius 1 is 0.538 bits per heavy atom. The first-order chi connectivity index (χ1) is 12.9. The van der Waals surface area contributed by atoms with E-state index >= 15 is 0 Å². The second-order valence-electron chi connectivity index (χ2n) is 6.65. The van der Waals surface area contributed by atoms with E-state index in [9.17, 15) is 0 Å². The summed E-state index contributed by atoms with van der Waals surface area (Å²) in [4.78, 5) is 2.39. The van der Waals surface area contributed by atoms with E-state index < -0.39 is 0 Å². The van der Waals surface area contributed by atoms with E-state index in [0.717, 1.165) is 6.42 Å². The van der Waals surface area contributed by atoms with Crippen molar-refractivity contribution in [2.24, 2.45) is 0 Å². The first-order valence-electron chi connectivity index (χ1n) is 9.02. The molecule has 1 heteroatoms. The van der Waals surface area contributed by atoms with Crippen molar-refractivity contribution in [3.63, 3.8) is 0 Å². The smallest absolute Gasteiger partial charge is 0.0503 e. The molecule has 0 spiro atoms. The Balaban J connectivity index is 1.77. The molecular formula is C25H19N. The first-order valence-corrected chi connectivity index (χ1v) is 9.02. The minimum Gasteiger partial charge on any atom is -0.310 e. The van der Waals surface area contributed by atoms with Crippen LogP contribution in [0.1, 0.15) is 11.1 Å². The highest BCUT2D eigenvalue weighted by atomic mass is 15.2. The molecule has 0 saturated heterocycles. The average Bonchev–Trinajstić information content (AvgIpc) is 2.73. The number of anilines is 3. The third kappa shape index (κ3) is 2.41. The van der Waals surface area contributed by atoms with Crippen LogP contribution in [-0.4, -0.2) is 0 Å². The number of fused-ring (bicyclic) bond motifs is 2. The molecule has 0 aliphatic carbocycles. The Hall–Kier alpha value is -3.32. The van der Waals surface area contributed by atoms with Crippen LogP contribution < -0.4 is 4.90 Å². The van der Waals surface area contributed by atoms with Crippen LogP contribution in [0.25, 0.3) is 11.1 Å². The molecule has 0 saturated carbocycles. The van der Waals surface area contributed by atoms with Gasteiger partial charge >= 0.3 is 0 Å². The van der Waals surface area contributed by atoms with Gasteiger partial charge in [-0.15, -0.1) is 0 Å². The molecule has 0 unspecified atom stereocenters. The summed E-state index contributed by atoms with van der Waals surface area (Å²) in [6, 6.07) is 36.7. The Morgan fingerprint density at radius 3 is 2.00 bits per heavy atom. The van der Waals surface area contributed by atoms with Gasteiger partial charge in [0, 0.05) is 17.8 Å². The van der Waals surface area contributed by atoms with Gasteiger partial charge in [-0.3, -0.25) is 0 Å². The Kier molecular flexibility index (Phi) is 3.57. The van der Waals surface area contributed by atoms with Crippen LogP contribution in [0.4, 0.5) is 17.1 Å². The molecule has 1 aliphatic heterocycles. The molecule has 0 N–H and O–H groups in total. The molecule has 0 bridgehead atoms. The maximum atomic E-state index is 2.39. The summed E-state index contributed by atoms with van der Waals surface area (Å²) < 4.78 is 0. The van der Waals surface area contributed by atoms with Crippen LogP contribution in [-0.2, 0) is 6.42 Å². The third-order valence-corrected chi connectivity index (χ3v) is 5.09. The van der Waals surface area contributed by atoms with Crippen LogP contribution in [0.3, 0.4) is 0 Å². The largest absolute Gasteiger partial charge is 0.310 e. The average molecular weight is 333 g/mol. The van der Waals surface area contributed by atoms with Gasteiger partial charge in [-0.05, 0) is 46.5 Å². The van der Waals surface area contributed by atoms with E-state index in [1.807, 2.05) is 0 Å². The maximum Gasteiger partial charge on any atom is 0.0503 e. The predicted molar refractivity (Wildman–Crippen MR) is 109 cm³/mol. The lowest BCUT2D eigenvalue weighted by molar-refractivity contribution is 1.09. The summed E-state index contributed by atoms with van der Waals surface area (Å²) in [5, 5.41) is 0. The number of hydrogen-bond donors (Lipinski definition) is 0. The summed E-state index contributed by atoms with van der Waals surface area (Å²) in [5.74, 6) is 0. The van der Waals surface area contributed by atoms with Crippen molar-refractivity contribution >= 4 is 17.1 Å². The van der Waals surface area contributed by atoms with Gasteiger partial charge in [-0.2, -0.15) is 0 Å². The van der Waals surface area contributed by atoms with Crippen molar-refractivity contribution in [2.45, 2.75) is 6.42 Å². The van der Waals surface area contributed by atoms with E-state index in [2.05, 4.69) is 108 Å². The monoisotopic (exact) mass is 333 g/mol. The van der Waals surface area contributed by atoms with Crippen molar-refractivity contribution in [1.82, 2.24) is 0 Å². The fraction of sp³-hybridized carbons (Fsp3) is 0.0400. The molecule has 0 atom stereocenters. The minimum atomic E-state index is 0.958. The topological polar surface area (TPSA) is 3.24 Å². The zero-order chi connectivity index (χ0) is 17.3. The molecular weight excluding hydrogens is 314 g/mol. The lowest BCUT2D eigenvalue weighted by Crippen LogP contribution is -2.19. The van der Waals surface area contributed by atoms with Crippen molar-refractivity contribution in [3.8, 4) is 11.1 Å². The highest BCUT2D eigenvalue weighted by Crippen LogP contribution is 2.46. The van der Waals surface area contributed by atoms with E-state index in [1.54, 1.807) is 0 Å². The van der Waals surface area contributed by atoms with Gasteiger partial charge in [-0.25, -0.2) is 0 Å². The molecule has 5 rings (SSSR count). The fourth-order valence-electron chi connectivity index (χ4n) is 3.91. The minimum absolute atomic E-state index is 0.958. The van der Waals surface area contributed by atoms with Crippen LogP contribution in [0.15, 0.2) is 103 Å². The summed E-state index contributed by atoms with van der Waals surface area (Å²) in [5.41, 5.74) is 9.10. The Bertz CT molecular complexity index is 1050. The zero-order valence-electron chi connectivity index (χ0n) is 14.5. The summed E-state index contributed by atoms with van der Waals surface area (Å²) in [6.45, 7) is 0. The van der Waals surface area contributed by atoms with Gasteiger partial charge in [0.05, 0.1) is 5.69 Å². The number of benzene rings is 4. The normalized spacial score (nSPS) is 12.4. The van der Waals surface area contributed by atoms with Crippen molar-refractivity contribution in [1.29, 1.82) is 0 Å². The molecule has 4 aromatic rings. The quantitative estimate of drug-likeness (QED) is 0.346. The molecule has 0 aromatic heterocycles. The molecule has 1 aliphatic rings.